The number of carboxylic acid groups (broad SMARTS) is 1. The first-order chi connectivity index (χ1) is 23.4. The number of nitrogens with zero attached hydrogens (tertiary/aromatic N) is 5. The zero-order valence-electron chi connectivity index (χ0n) is 26.1. The number of halogens is 3. The Morgan fingerprint density at radius 1 is 1.00 bits per heavy atom. The Hall–Kier alpha value is -5.30. The van der Waals surface area contributed by atoms with E-state index < -0.39 is 45.6 Å². The second kappa shape index (κ2) is 13.3. The molecule has 0 amide bonds. The predicted octanol–water partition coefficient (Wildman–Crippen LogP) is 5.09. The van der Waals surface area contributed by atoms with Crippen molar-refractivity contribution in [2.75, 3.05) is 26.5 Å². The van der Waals surface area contributed by atoms with E-state index in [0.29, 0.717) is 11.0 Å². The second-order valence-corrected chi connectivity index (χ2v) is 13.5. The van der Waals surface area contributed by atoms with Crippen LogP contribution in [0.3, 0.4) is 0 Å². The Balaban J connectivity index is 1.32. The number of carboxylic acids is 1. The van der Waals surface area contributed by atoms with Gasteiger partial charge in [0.05, 0.1) is 52.3 Å². The number of sulfonamides is 1. The van der Waals surface area contributed by atoms with Crippen molar-refractivity contribution in [3.8, 4) is 23.2 Å². The van der Waals surface area contributed by atoms with Gasteiger partial charge in [-0.2, -0.15) is 9.57 Å². The minimum atomic E-state index is -3.61. The first-order valence-electron chi connectivity index (χ1n) is 14.8. The zero-order valence-corrected chi connectivity index (χ0v) is 26.9. The fourth-order valence-corrected chi connectivity index (χ4v) is 6.71. The number of carbonyl (C=O) groups is 1. The van der Waals surface area contributed by atoms with Crippen LogP contribution in [0.4, 0.5) is 13.2 Å². The van der Waals surface area contributed by atoms with E-state index in [1.807, 2.05) is 6.07 Å². The summed E-state index contributed by atoms with van der Waals surface area (Å²) in [5.74, 6) is -3.11. The lowest BCUT2D eigenvalue weighted by Crippen LogP contribution is -2.28. The van der Waals surface area contributed by atoms with Crippen LogP contribution in [0.5, 0.6) is 5.88 Å². The van der Waals surface area contributed by atoms with Crippen molar-refractivity contribution in [2.45, 2.75) is 25.2 Å². The SMILES string of the molecule is CO[C@@H]1CN(S(C)(=O)=O)C[C@@H]1n1c(Cc2cc(F)c(-c3cccc(OCc4ccc(C#N)cc4F)n3)cc2F)nc2ccc(C(=O)O)cc21. The van der Waals surface area contributed by atoms with Crippen molar-refractivity contribution >= 4 is 27.0 Å². The van der Waals surface area contributed by atoms with E-state index in [1.54, 1.807) is 4.57 Å². The summed E-state index contributed by atoms with van der Waals surface area (Å²) in [7, 11) is -2.18. The van der Waals surface area contributed by atoms with Crippen molar-refractivity contribution in [3.63, 3.8) is 0 Å². The molecule has 49 heavy (non-hydrogen) atoms. The van der Waals surface area contributed by atoms with Gasteiger partial charge in [0, 0.05) is 43.8 Å². The van der Waals surface area contributed by atoms with Gasteiger partial charge in [-0.05, 0) is 54.1 Å². The number of pyridine rings is 1. The zero-order chi connectivity index (χ0) is 35.0. The molecular weight excluding hydrogens is 663 g/mol. The third kappa shape index (κ3) is 6.84. The van der Waals surface area contributed by atoms with E-state index >= 15 is 8.78 Å². The number of methoxy groups -OCH3 is 1. The van der Waals surface area contributed by atoms with Crippen LogP contribution < -0.4 is 4.74 Å². The van der Waals surface area contributed by atoms with Gasteiger partial charge in [0.2, 0.25) is 15.9 Å². The van der Waals surface area contributed by atoms with Gasteiger partial charge in [0.25, 0.3) is 0 Å². The molecule has 5 aromatic rings. The van der Waals surface area contributed by atoms with E-state index in [0.717, 1.165) is 24.5 Å². The summed E-state index contributed by atoms with van der Waals surface area (Å²) in [5.41, 5.74) is 0.892. The first kappa shape index (κ1) is 33.6. The highest BCUT2D eigenvalue weighted by atomic mass is 32.2. The van der Waals surface area contributed by atoms with Crippen LogP contribution in [0.25, 0.3) is 22.3 Å². The number of hydrogen-bond donors (Lipinski definition) is 1. The summed E-state index contributed by atoms with van der Waals surface area (Å²) in [4.78, 5) is 20.7. The van der Waals surface area contributed by atoms with Crippen LogP contribution in [0, 0.1) is 28.8 Å². The molecule has 0 saturated carbocycles. The van der Waals surface area contributed by atoms with Gasteiger partial charge < -0.3 is 19.1 Å². The molecular formula is C34H28F3N5O6S. The molecule has 1 fully saturated rings. The molecule has 1 N–H and O–H groups in total. The minimum Gasteiger partial charge on any atom is -0.478 e. The average Bonchev–Trinajstić information content (AvgIpc) is 3.66. The van der Waals surface area contributed by atoms with Gasteiger partial charge in [-0.25, -0.2) is 36.4 Å². The van der Waals surface area contributed by atoms with E-state index in [-0.39, 0.29) is 71.3 Å². The summed E-state index contributed by atoms with van der Waals surface area (Å²) in [6, 6.07) is 15.9. The van der Waals surface area contributed by atoms with Gasteiger partial charge in [0.1, 0.15) is 29.9 Å². The van der Waals surface area contributed by atoms with Crippen molar-refractivity contribution < 1.29 is 41.0 Å². The van der Waals surface area contributed by atoms with Crippen molar-refractivity contribution in [3.05, 3.63) is 112 Å². The number of aromatic nitrogens is 3. The summed E-state index contributed by atoms with van der Waals surface area (Å²) >= 11 is 0. The van der Waals surface area contributed by atoms with Crippen LogP contribution in [0.15, 0.2) is 66.7 Å². The number of rotatable bonds is 10. The fraction of sp³-hybridized carbons (Fsp3) is 0.235. The maximum atomic E-state index is 15.8. The molecule has 1 aliphatic heterocycles. The van der Waals surface area contributed by atoms with E-state index in [4.69, 9.17) is 14.7 Å². The highest BCUT2D eigenvalue weighted by Crippen LogP contribution is 2.34. The lowest BCUT2D eigenvalue weighted by atomic mass is 10.0. The van der Waals surface area contributed by atoms with E-state index in [9.17, 15) is 22.7 Å². The normalized spacial score (nSPS) is 16.6. The summed E-state index contributed by atoms with van der Waals surface area (Å²) in [6.45, 7) is -0.190. The lowest BCUT2D eigenvalue weighted by Gasteiger charge is -2.22. The molecule has 1 aliphatic rings. The summed E-state index contributed by atoms with van der Waals surface area (Å²) in [6.07, 6.45) is 0.208. The molecule has 252 valence electrons. The third-order valence-corrected chi connectivity index (χ3v) is 9.59. The molecule has 0 unspecified atom stereocenters. The van der Waals surface area contributed by atoms with Crippen LogP contribution in [0.2, 0.25) is 0 Å². The maximum Gasteiger partial charge on any atom is 0.335 e. The Bertz CT molecular complexity index is 2260. The molecule has 11 nitrogen and oxygen atoms in total. The predicted molar refractivity (Wildman–Crippen MR) is 171 cm³/mol. The molecule has 0 radical (unpaired) electrons. The topological polar surface area (TPSA) is 148 Å². The van der Waals surface area contributed by atoms with Crippen molar-refractivity contribution in [1.29, 1.82) is 5.26 Å². The lowest BCUT2D eigenvalue weighted by molar-refractivity contribution is 0.0697. The summed E-state index contributed by atoms with van der Waals surface area (Å²) < 4.78 is 84.7. The number of imidazole rings is 1. The van der Waals surface area contributed by atoms with Crippen molar-refractivity contribution in [2.24, 2.45) is 0 Å². The molecule has 0 bridgehead atoms. The van der Waals surface area contributed by atoms with Crippen LogP contribution in [-0.4, -0.2) is 70.9 Å². The van der Waals surface area contributed by atoms with Crippen molar-refractivity contribution in [1.82, 2.24) is 18.8 Å². The smallest absolute Gasteiger partial charge is 0.335 e. The standard InChI is InChI=1S/C34H28F3N5O6S/c1-47-31-17-41(49(2,45)46)16-30(31)42-29-12-20(34(43)44)8-9-28(29)39-32(42)13-22-11-26(37)23(14-25(22)36)27-4-3-5-33(40-27)48-18-21-7-6-19(15-38)10-24(21)35/h3-12,14,30-31H,13,16-18H2,1-2H3,(H,43,44)/t30-,31+/m0/s1. The molecule has 3 aromatic carbocycles. The molecule has 6 rings (SSSR count). The van der Waals surface area contributed by atoms with Gasteiger partial charge in [-0.1, -0.05) is 12.1 Å². The molecule has 3 heterocycles. The second-order valence-electron chi connectivity index (χ2n) is 11.5. The fourth-order valence-electron chi connectivity index (χ4n) is 5.87. The Morgan fingerprint density at radius 3 is 2.47 bits per heavy atom. The Labute approximate surface area is 278 Å². The highest BCUT2D eigenvalue weighted by Gasteiger charge is 2.40. The quantitative estimate of drug-likeness (QED) is 0.212. The monoisotopic (exact) mass is 691 g/mol. The molecule has 1 saturated heterocycles. The molecule has 2 aromatic heterocycles. The number of benzene rings is 3. The molecule has 0 aliphatic carbocycles. The minimum absolute atomic E-state index is 0.00915. The van der Waals surface area contributed by atoms with Crippen LogP contribution >= 0.6 is 0 Å². The maximum absolute atomic E-state index is 15.8. The van der Waals surface area contributed by atoms with Crippen LogP contribution in [0.1, 0.15) is 38.9 Å². The van der Waals surface area contributed by atoms with E-state index in [1.165, 1.54) is 59.9 Å². The number of hydrogen-bond acceptors (Lipinski definition) is 8. The number of nitriles is 1. The molecule has 2 atom stereocenters. The van der Waals surface area contributed by atoms with Gasteiger partial charge in [-0.3, -0.25) is 0 Å². The average molecular weight is 692 g/mol. The summed E-state index contributed by atoms with van der Waals surface area (Å²) in [5, 5.41) is 18.6. The van der Waals surface area contributed by atoms with Gasteiger partial charge in [-0.15, -0.1) is 0 Å². The van der Waals surface area contributed by atoms with Gasteiger partial charge in [0.15, 0.2) is 0 Å². The van der Waals surface area contributed by atoms with Crippen LogP contribution in [-0.2, 0) is 27.8 Å². The first-order valence-corrected chi connectivity index (χ1v) is 16.7. The highest BCUT2D eigenvalue weighted by molar-refractivity contribution is 7.88. The number of fused-ring (bicyclic) bond motifs is 1. The molecule has 0 spiro atoms. The number of ether oxygens (including phenoxy) is 2. The largest absolute Gasteiger partial charge is 0.478 e. The van der Waals surface area contributed by atoms with Gasteiger partial charge >= 0.3 is 5.97 Å². The third-order valence-electron chi connectivity index (χ3n) is 8.36. The molecule has 15 heteroatoms. The Kier molecular flexibility index (Phi) is 9.12. The van der Waals surface area contributed by atoms with E-state index in [2.05, 4.69) is 9.97 Å². The Morgan fingerprint density at radius 2 is 1.78 bits per heavy atom. The number of aromatic carboxylic acids is 1.